The van der Waals surface area contributed by atoms with Gasteiger partial charge in [0.15, 0.2) is 0 Å². The first-order chi connectivity index (χ1) is 7.77. The maximum atomic E-state index is 11.1. The van der Waals surface area contributed by atoms with Crippen LogP contribution in [0.2, 0.25) is 0 Å². The Labute approximate surface area is 94.4 Å². The van der Waals surface area contributed by atoms with Crippen LogP contribution in [0.1, 0.15) is 15.9 Å². The zero-order chi connectivity index (χ0) is 11.8. The number of allylic oxidation sites excluding steroid dienone is 1. The van der Waals surface area contributed by atoms with Gasteiger partial charge < -0.3 is 15.5 Å². The Morgan fingerprint density at radius 3 is 2.69 bits per heavy atom. The van der Waals surface area contributed by atoms with Crippen LogP contribution in [-0.4, -0.2) is 19.3 Å². The molecule has 0 aliphatic rings. The van der Waals surface area contributed by atoms with Gasteiger partial charge in [-0.1, -0.05) is 12.1 Å². The number of ether oxygens (including phenoxy) is 1. The third kappa shape index (κ3) is 3.57. The van der Waals surface area contributed by atoms with Gasteiger partial charge in [-0.15, -0.1) is 0 Å². The van der Waals surface area contributed by atoms with Crippen LogP contribution < -0.4 is 5.32 Å². The molecular weight excluding hydrogens is 204 g/mol. The van der Waals surface area contributed by atoms with E-state index in [4.69, 9.17) is 5.41 Å². The molecule has 0 radical (unpaired) electrons. The lowest BCUT2D eigenvalue weighted by Gasteiger charge is -2.02. The fourth-order valence-corrected chi connectivity index (χ4v) is 1.17. The van der Waals surface area contributed by atoms with E-state index in [1.807, 2.05) is 12.1 Å². The van der Waals surface area contributed by atoms with E-state index in [1.165, 1.54) is 13.3 Å². The highest BCUT2D eigenvalue weighted by Crippen LogP contribution is 2.05. The zero-order valence-electron chi connectivity index (χ0n) is 9.07. The molecule has 0 atom stereocenters. The van der Waals surface area contributed by atoms with E-state index in [2.05, 4.69) is 10.1 Å². The molecule has 0 unspecified atom stereocenters. The molecule has 0 amide bonds. The van der Waals surface area contributed by atoms with Gasteiger partial charge >= 0.3 is 5.97 Å². The molecule has 0 saturated carbocycles. The second-order valence-electron chi connectivity index (χ2n) is 3.10. The summed E-state index contributed by atoms with van der Waals surface area (Å²) in [7, 11) is 1.36. The number of nitrogens with one attached hydrogen (secondary N) is 2. The van der Waals surface area contributed by atoms with E-state index >= 15 is 0 Å². The van der Waals surface area contributed by atoms with Crippen molar-refractivity contribution in [1.29, 1.82) is 5.41 Å². The third-order valence-electron chi connectivity index (χ3n) is 1.99. The minimum atomic E-state index is -0.330. The van der Waals surface area contributed by atoms with Crippen LogP contribution in [-0.2, 0) is 11.3 Å². The predicted octanol–water partition coefficient (Wildman–Crippen LogP) is 1.73. The van der Waals surface area contributed by atoms with E-state index in [1.54, 1.807) is 24.4 Å². The van der Waals surface area contributed by atoms with Crippen molar-refractivity contribution in [3.63, 3.8) is 0 Å². The predicted molar refractivity (Wildman–Crippen MR) is 62.5 cm³/mol. The minimum Gasteiger partial charge on any atom is -0.465 e. The largest absolute Gasteiger partial charge is 0.465 e. The van der Waals surface area contributed by atoms with Gasteiger partial charge in [-0.05, 0) is 30.0 Å². The van der Waals surface area contributed by atoms with Gasteiger partial charge in [0, 0.05) is 12.8 Å². The summed E-state index contributed by atoms with van der Waals surface area (Å²) >= 11 is 0. The van der Waals surface area contributed by atoms with Crippen molar-refractivity contribution in [2.45, 2.75) is 6.54 Å². The molecule has 0 saturated heterocycles. The summed E-state index contributed by atoms with van der Waals surface area (Å²) < 4.78 is 4.60. The minimum absolute atomic E-state index is 0.330. The fourth-order valence-electron chi connectivity index (χ4n) is 1.17. The van der Waals surface area contributed by atoms with Crippen molar-refractivity contribution in [3.8, 4) is 0 Å². The topological polar surface area (TPSA) is 62.2 Å². The molecule has 0 aromatic heterocycles. The number of esters is 1. The first kappa shape index (κ1) is 12.0. The number of rotatable bonds is 5. The zero-order valence-corrected chi connectivity index (χ0v) is 9.07. The summed E-state index contributed by atoms with van der Waals surface area (Å²) in [4.78, 5) is 11.1. The van der Waals surface area contributed by atoms with Gasteiger partial charge in [0.1, 0.15) is 0 Å². The van der Waals surface area contributed by atoms with Crippen LogP contribution in [0.4, 0.5) is 0 Å². The molecule has 1 aromatic rings. The Kier molecular flexibility index (Phi) is 4.79. The Bertz CT molecular complexity index is 383. The van der Waals surface area contributed by atoms with Crippen LogP contribution in [0.5, 0.6) is 0 Å². The Morgan fingerprint density at radius 1 is 1.44 bits per heavy atom. The quantitative estimate of drug-likeness (QED) is 0.584. The smallest absolute Gasteiger partial charge is 0.337 e. The summed E-state index contributed by atoms with van der Waals surface area (Å²) in [6.45, 7) is 0.659. The summed E-state index contributed by atoms with van der Waals surface area (Å²) in [6, 6.07) is 7.17. The lowest BCUT2D eigenvalue weighted by Crippen LogP contribution is -2.05. The third-order valence-corrected chi connectivity index (χ3v) is 1.99. The van der Waals surface area contributed by atoms with Crippen molar-refractivity contribution < 1.29 is 9.53 Å². The summed E-state index contributed by atoms with van der Waals surface area (Å²) in [5.74, 6) is -0.330. The van der Waals surface area contributed by atoms with E-state index in [-0.39, 0.29) is 5.97 Å². The van der Waals surface area contributed by atoms with Crippen LogP contribution in [0.3, 0.4) is 0 Å². The van der Waals surface area contributed by atoms with Gasteiger partial charge in [0.2, 0.25) is 0 Å². The second kappa shape index (κ2) is 6.40. The standard InChI is InChI=1S/C12H14N2O2/c1-16-12(15)11-5-3-10(4-6-11)9-14-8-2-7-13/h2-8,13-14H,9H2,1H3/b8-2-,13-7?. The SMILES string of the molecule is COC(=O)c1ccc(CN/C=C\C=N)cc1. The maximum Gasteiger partial charge on any atom is 0.337 e. The lowest BCUT2D eigenvalue weighted by atomic mass is 10.1. The average molecular weight is 218 g/mol. The Balaban J connectivity index is 2.54. The van der Waals surface area contributed by atoms with Crippen LogP contribution in [0.25, 0.3) is 0 Å². The van der Waals surface area contributed by atoms with Gasteiger partial charge in [0.05, 0.1) is 12.7 Å². The molecule has 0 spiro atoms. The van der Waals surface area contributed by atoms with Gasteiger partial charge in [0.25, 0.3) is 0 Å². The highest BCUT2D eigenvalue weighted by molar-refractivity contribution is 5.89. The van der Waals surface area contributed by atoms with Crippen LogP contribution in [0, 0.1) is 5.41 Å². The molecule has 0 fully saturated rings. The average Bonchev–Trinajstić information content (AvgIpc) is 2.34. The molecule has 1 rings (SSSR count). The monoisotopic (exact) mass is 218 g/mol. The van der Waals surface area contributed by atoms with Crippen LogP contribution >= 0.6 is 0 Å². The molecule has 16 heavy (non-hydrogen) atoms. The Morgan fingerprint density at radius 2 is 2.12 bits per heavy atom. The molecule has 84 valence electrons. The van der Waals surface area contributed by atoms with Crippen molar-refractivity contribution in [2.75, 3.05) is 7.11 Å². The first-order valence-corrected chi connectivity index (χ1v) is 4.84. The van der Waals surface area contributed by atoms with E-state index in [9.17, 15) is 4.79 Å². The van der Waals surface area contributed by atoms with Crippen molar-refractivity contribution in [2.24, 2.45) is 0 Å². The number of methoxy groups -OCH3 is 1. The van der Waals surface area contributed by atoms with Gasteiger partial charge in [-0.3, -0.25) is 0 Å². The van der Waals surface area contributed by atoms with Crippen molar-refractivity contribution in [3.05, 3.63) is 47.7 Å². The van der Waals surface area contributed by atoms with Gasteiger partial charge in [-0.2, -0.15) is 0 Å². The second-order valence-corrected chi connectivity index (χ2v) is 3.10. The lowest BCUT2D eigenvalue weighted by molar-refractivity contribution is 0.0600. The number of carbonyl (C=O) groups excluding carboxylic acids is 1. The molecule has 1 aromatic carbocycles. The van der Waals surface area contributed by atoms with Gasteiger partial charge in [-0.25, -0.2) is 4.79 Å². The van der Waals surface area contributed by atoms with Crippen molar-refractivity contribution >= 4 is 12.2 Å². The maximum absolute atomic E-state index is 11.1. The molecule has 2 N–H and O–H groups in total. The summed E-state index contributed by atoms with van der Waals surface area (Å²) in [5, 5.41) is 9.80. The van der Waals surface area contributed by atoms with Crippen molar-refractivity contribution in [1.82, 2.24) is 5.32 Å². The molecule has 4 nitrogen and oxygen atoms in total. The number of carbonyl (C=O) groups is 1. The molecular formula is C12H14N2O2. The van der Waals surface area contributed by atoms with E-state index < -0.39 is 0 Å². The highest BCUT2D eigenvalue weighted by Gasteiger charge is 2.03. The van der Waals surface area contributed by atoms with Crippen LogP contribution in [0.15, 0.2) is 36.5 Å². The molecule has 0 bridgehead atoms. The molecule has 0 aliphatic carbocycles. The first-order valence-electron chi connectivity index (χ1n) is 4.84. The number of hydrogen-bond donors (Lipinski definition) is 2. The van der Waals surface area contributed by atoms with E-state index in [0.29, 0.717) is 12.1 Å². The molecule has 4 heteroatoms. The normalized spacial score (nSPS) is 10.1. The summed E-state index contributed by atoms with van der Waals surface area (Å²) in [5.41, 5.74) is 1.60. The fraction of sp³-hybridized carbons (Fsp3) is 0.167. The highest BCUT2D eigenvalue weighted by atomic mass is 16.5. The number of benzene rings is 1. The Hall–Kier alpha value is -2.10. The number of hydrogen-bond acceptors (Lipinski definition) is 4. The summed E-state index contributed by atoms with van der Waals surface area (Å²) in [6.07, 6.45) is 4.50. The molecule has 0 heterocycles. The van der Waals surface area contributed by atoms with E-state index in [0.717, 1.165) is 5.56 Å². The molecule has 0 aliphatic heterocycles.